The van der Waals surface area contributed by atoms with Crippen LogP contribution < -0.4 is 0 Å². The van der Waals surface area contributed by atoms with Gasteiger partial charge in [0.25, 0.3) is 0 Å². The summed E-state index contributed by atoms with van der Waals surface area (Å²) >= 11 is 0. The zero-order chi connectivity index (χ0) is 99.1. The standard InChI is InChI=1S/C51H33N5.C46H30N4.C40H26N4/c1-4-15-34(16-5-1)38-19-14-20-39(31-38)35-27-29-37(30-28-35)50-52-49(36-17-6-2-7-18-36)53-51(54-50)56-46-26-13-11-24-42(46)44-32-47-43(33-48(44)56)41-23-10-12-25-45(41)55(47)40-21-8-3-9-22-40;1-4-14-31(15-5-1)32-24-26-34(27-25-32)46-47-39(33-16-6-2-7-17-33)30-43(48-46)50-41-23-13-11-21-38(41)44-42(50)29-28-37-36-20-10-12-22-40(36)49(45(37)44)35-18-8-3-9-19-35;1-4-14-27(15-5-1)33-26-37(42-40(41-33)28-16-6-2-7-17-28)44-35-23-13-11-21-32(35)38-36(44)25-24-31-30-20-10-12-22-34(30)43(39(31)38)29-18-8-3-9-19-29/h1-33H;1-30H;1-26H. The van der Waals surface area contributed by atoms with Crippen molar-refractivity contribution >= 4 is 131 Å². The molecule has 13 heteroatoms. The van der Waals surface area contributed by atoms with Crippen LogP contribution in [0.3, 0.4) is 0 Å². The molecule has 9 aromatic heterocycles. The van der Waals surface area contributed by atoms with Gasteiger partial charge in [-0.05, 0) is 137 Å². The Morgan fingerprint density at radius 2 is 0.387 bits per heavy atom. The summed E-state index contributed by atoms with van der Waals surface area (Å²) in [5.41, 5.74) is 31.7. The van der Waals surface area contributed by atoms with Crippen molar-refractivity contribution in [1.82, 2.24) is 62.3 Å². The fourth-order valence-electron chi connectivity index (χ4n) is 22.2. The van der Waals surface area contributed by atoms with Crippen LogP contribution in [0.2, 0.25) is 0 Å². The smallest absolute Gasteiger partial charge is 0.238 e. The molecular weight excluding hydrogens is 1830 g/mol. The maximum Gasteiger partial charge on any atom is 0.238 e. The van der Waals surface area contributed by atoms with Crippen LogP contribution in [0.1, 0.15) is 0 Å². The SMILES string of the molecule is c1ccc(-c2cc(-n3c4ccccc4c4c3ccc3c5ccccc5n(-c5ccccc5)c34)nc(-c3ccccc3)n2)cc1.c1ccc(-c2ccc(-c3nc(-c4ccccc4)cc(-n4c5ccccc5c5c4ccc4c6ccccc6n(-c6ccccc6)c45)n3)cc2)cc1.c1ccc(-c2cccc(-c3ccc(-c4nc(-c5ccccc5)nc(-n5c6ccccc6c6cc7c(cc65)c5ccccc5n7-c5ccccc5)n4)cc3)c2)cc1. The third-order valence-electron chi connectivity index (χ3n) is 29.1. The van der Waals surface area contributed by atoms with Gasteiger partial charge in [-0.2, -0.15) is 9.97 Å². The average molecular weight is 1920 g/mol. The van der Waals surface area contributed by atoms with E-state index < -0.39 is 0 Å². The molecule has 0 aliphatic rings. The number of hydrogen-bond donors (Lipinski definition) is 0. The molecule has 21 aromatic carbocycles. The largest absolute Gasteiger partial charge is 0.309 e. The third kappa shape index (κ3) is 15.3. The number of hydrogen-bond acceptors (Lipinski definition) is 7. The van der Waals surface area contributed by atoms with E-state index in [0.29, 0.717) is 29.2 Å². The number of aromatic nitrogens is 13. The Kier molecular flexibility index (Phi) is 21.6. The van der Waals surface area contributed by atoms with Crippen LogP contribution in [0.5, 0.6) is 0 Å². The molecule has 0 saturated carbocycles. The Bertz CT molecular complexity index is 10300. The van der Waals surface area contributed by atoms with E-state index in [1.54, 1.807) is 0 Å². The average Bonchev–Trinajstić information content (AvgIpc) is 1.55. The Hall–Kier alpha value is -20.4. The van der Waals surface area contributed by atoms with Gasteiger partial charge >= 0.3 is 0 Å². The summed E-state index contributed by atoms with van der Waals surface area (Å²) in [5, 5.41) is 14.4. The van der Waals surface area contributed by atoms with Crippen molar-refractivity contribution < 1.29 is 0 Å². The first kappa shape index (κ1) is 87.4. The fourth-order valence-corrected chi connectivity index (χ4v) is 22.2. The summed E-state index contributed by atoms with van der Waals surface area (Å²) in [6.07, 6.45) is 0. The molecule has 0 atom stereocenters. The quantitative estimate of drug-likeness (QED) is 0.100. The van der Waals surface area contributed by atoms with Crippen molar-refractivity contribution in [2.24, 2.45) is 0 Å². The minimum absolute atomic E-state index is 0.575. The van der Waals surface area contributed by atoms with Crippen LogP contribution in [0.25, 0.3) is 267 Å². The van der Waals surface area contributed by atoms with Crippen LogP contribution in [0, 0.1) is 0 Å². The van der Waals surface area contributed by atoms with Gasteiger partial charge < -0.3 is 13.7 Å². The molecule has 702 valence electrons. The second-order valence-corrected chi connectivity index (χ2v) is 37.8. The Morgan fingerprint density at radius 3 is 0.773 bits per heavy atom. The van der Waals surface area contributed by atoms with Crippen molar-refractivity contribution in [3.8, 4) is 136 Å². The highest BCUT2D eigenvalue weighted by Crippen LogP contribution is 2.48. The monoisotopic (exact) mass is 1920 g/mol. The number of rotatable bonds is 15. The molecule has 0 amide bonds. The molecule has 30 aromatic rings. The minimum atomic E-state index is 0.575. The van der Waals surface area contributed by atoms with E-state index in [4.69, 9.17) is 34.9 Å². The van der Waals surface area contributed by atoms with Crippen LogP contribution in [-0.4, -0.2) is 62.3 Å². The zero-order valence-electron chi connectivity index (χ0n) is 81.2. The van der Waals surface area contributed by atoms with Crippen LogP contribution >= 0.6 is 0 Å². The first-order valence-corrected chi connectivity index (χ1v) is 50.7. The van der Waals surface area contributed by atoms with Gasteiger partial charge in [-0.25, -0.2) is 24.9 Å². The first-order valence-electron chi connectivity index (χ1n) is 50.7. The van der Waals surface area contributed by atoms with Gasteiger partial charge in [-0.15, -0.1) is 0 Å². The van der Waals surface area contributed by atoms with Gasteiger partial charge in [0, 0.05) is 127 Å². The highest BCUT2D eigenvalue weighted by Gasteiger charge is 2.28. The van der Waals surface area contributed by atoms with Gasteiger partial charge in [0.15, 0.2) is 23.3 Å². The second kappa shape index (κ2) is 37.1. The van der Waals surface area contributed by atoms with Crippen LogP contribution in [0.15, 0.2) is 540 Å². The molecule has 0 aliphatic carbocycles. The van der Waals surface area contributed by atoms with Crippen LogP contribution in [0.4, 0.5) is 0 Å². The maximum atomic E-state index is 5.32. The summed E-state index contributed by atoms with van der Waals surface area (Å²) in [4.78, 5) is 36.3. The molecule has 0 unspecified atom stereocenters. The van der Waals surface area contributed by atoms with Gasteiger partial charge in [-0.1, -0.05) is 425 Å². The topological polar surface area (TPSA) is 120 Å². The maximum absolute atomic E-state index is 5.32. The molecule has 0 aliphatic heterocycles. The van der Waals surface area contributed by atoms with E-state index in [1.165, 1.54) is 98.1 Å². The fraction of sp³-hybridized carbons (Fsp3) is 0. The molecular formula is C137H89N13. The summed E-state index contributed by atoms with van der Waals surface area (Å²) < 4.78 is 14.0. The Morgan fingerprint density at radius 1 is 0.127 bits per heavy atom. The Balaban J connectivity index is 0.000000109. The second-order valence-electron chi connectivity index (χ2n) is 37.8. The van der Waals surface area contributed by atoms with Gasteiger partial charge in [0.05, 0.1) is 77.6 Å². The molecule has 30 rings (SSSR count). The van der Waals surface area contributed by atoms with Crippen molar-refractivity contribution in [3.05, 3.63) is 540 Å². The van der Waals surface area contributed by atoms with Crippen molar-refractivity contribution in [2.45, 2.75) is 0 Å². The van der Waals surface area contributed by atoms with Gasteiger partial charge in [0.2, 0.25) is 5.95 Å². The molecule has 0 fully saturated rings. The Labute approximate surface area is 863 Å². The third-order valence-corrected chi connectivity index (χ3v) is 29.1. The summed E-state index contributed by atoms with van der Waals surface area (Å²) in [5.74, 6) is 4.87. The lowest BCUT2D eigenvalue weighted by Gasteiger charge is -2.13. The number of para-hydroxylation sites is 9. The van der Waals surface area contributed by atoms with E-state index in [-0.39, 0.29) is 0 Å². The van der Waals surface area contributed by atoms with E-state index in [0.717, 1.165) is 140 Å². The lowest BCUT2D eigenvalue weighted by molar-refractivity contribution is 0.954. The number of benzene rings is 21. The highest BCUT2D eigenvalue weighted by atomic mass is 15.2. The molecule has 9 heterocycles. The minimum Gasteiger partial charge on any atom is -0.309 e. The van der Waals surface area contributed by atoms with Crippen molar-refractivity contribution in [2.75, 3.05) is 0 Å². The molecule has 0 saturated heterocycles. The van der Waals surface area contributed by atoms with E-state index in [2.05, 4.69) is 507 Å². The van der Waals surface area contributed by atoms with Crippen molar-refractivity contribution in [3.63, 3.8) is 0 Å². The van der Waals surface area contributed by atoms with Gasteiger partial charge in [-0.3, -0.25) is 13.7 Å². The predicted octanol–water partition coefficient (Wildman–Crippen LogP) is 34.4. The predicted molar refractivity (Wildman–Crippen MR) is 619 cm³/mol. The van der Waals surface area contributed by atoms with Crippen LogP contribution in [-0.2, 0) is 0 Å². The summed E-state index contributed by atoms with van der Waals surface area (Å²) in [7, 11) is 0. The molecule has 13 nitrogen and oxygen atoms in total. The van der Waals surface area contributed by atoms with Crippen molar-refractivity contribution in [1.29, 1.82) is 0 Å². The van der Waals surface area contributed by atoms with E-state index >= 15 is 0 Å². The molecule has 0 radical (unpaired) electrons. The lowest BCUT2D eigenvalue weighted by Crippen LogP contribution is -2.06. The van der Waals surface area contributed by atoms with E-state index in [9.17, 15) is 0 Å². The molecule has 0 spiro atoms. The normalized spacial score (nSPS) is 11.6. The van der Waals surface area contributed by atoms with E-state index in [1.807, 2.05) is 60.7 Å². The highest BCUT2D eigenvalue weighted by molar-refractivity contribution is 6.28. The first-order chi connectivity index (χ1) is 74.4. The summed E-state index contributed by atoms with van der Waals surface area (Å²) in [6.45, 7) is 0. The number of nitrogens with zero attached hydrogens (tertiary/aromatic N) is 13. The number of fused-ring (bicyclic) bond motifs is 20. The molecule has 0 bridgehead atoms. The lowest BCUT2D eigenvalue weighted by atomic mass is 9.98. The van der Waals surface area contributed by atoms with Gasteiger partial charge in [0.1, 0.15) is 11.6 Å². The summed E-state index contributed by atoms with van der Waals surface area (Å²) in [6, 6.07) is 190. The molecule has 150 heavy (non-hydrogen) atoms. The zero-order valence-corrected chi connectivity index (χ0v) is 81.2. The molecule has 0 N–H and O–H groups in total.